The van der Waals surface area contributed by atoms with Crippen LogP contribution in [0, 0.1) is 6.92 Å². The SMILES string of the molecule is CC1=CC(=O)N(Nc2nc(-c3cccs3)nc3sc(-c4ccc(OC5CCNCC5)cc4)c(C)c23)C1=O.Cl. The van der Waals surface area contributed by atoms with Gasteiger partial charge in [0.25, 0.3) is 11.8 Å². The summed E-state index contributed by atoms with van der Waals surface area (Å²) in [4.78, 5) is 37.4. The second-order valence-electron chi connectivity index (χ2n) is 9.12. The van der Waals surface area contributed by atoms with Gasteiger partial charge in [0.05, 0.1) is 10.3 Å². The largest absolute Gasteiger partial charge is 0.490 e. The van der Waals surface area contributed by atoms with E-state index in [2.05, 4.69) is 22.9 Å². The monoisotopic (exact) mass is 567 g/mol. The van der Waals surface area contributed by atoms with Gasteiger partial charge in [0.2, 0.25) is 0 Å². The zero-order chi connectivity index (χ0) is 25.5. The number of carbonyl (C=O) groups excluding carboxylic acids is 2. The lowest BCUT2D eigenvalue weighted by molar-refractivity contribution is -0.135. The number of rotatable bonds is 6. The molecule has 0 spiro atoms. The molecule has 5 heterocycles. The number of ether oxygens (including phenoxy) is 1. The first kappa shape index (κ1) is 26.3. The second-order valence-corrected chi connectivity index (χ2v) is 11.1. The third kappa shape index (κ3) is 4.92. The summed E-state index contributed by atoms with van der Waals surface area (Å²) in [6.07, 6.45) is 3.59. The number of halogens is 1. The molecular weight excluding hydrogens is 542 g/mol. The molecule has 1 saturated heterocycles. The molecule has 0 unspecified atom stereocenters. The second kappa shape index (κ2) is 10.8. The summed E-state index contributed by atoms with van der Waals surface area (Å²) in [7, 11) is 0. The molecule has 38 heavy (non-hydrogen) atoms. The van der Waals surface area contributed by atoms with Gasteiger partial charge in [-0.25, -0.2) is 9.97 Å². The first-order chi connectivity index (χ1) is 18.0. The lowest BCUT2D eigenvalue weighted by Crippen LogP contribution is -2.36. The summed E-state index contributed by atoms with van der Waals surface area (Å²) in [5, 5.41) is 7.13. The Labute approximate surface area is 234 Å². The minimum absolute atomic E-state index is 0. The molecule has 0 atom stereocenters. The number of aryl methyl sites for hydroxylation is 1. The average Bonchev–Trinajstić information content (AvgIpc) is 3.61. The van der Waals surface area contributed by atoms with Crippen LogP contribution in [0.25, 0.3) is 31.4 Å². The molecule has 2 aliphatic heterocycles. The molecule has 1 fully saturated rings. The zero-order valence-corrected chi connectivity index (χ0v) is 23.3. The Hall–Kier alpha value is -3.31. The van der Waals surface area contributed by atoms with Crippen molar-refractivity contribution in [3.05, 3.63) is 59.0 Å². The standard InChI is InChI=1S/C27H25N5O3S2.ClH/c1-15-14-21(33)32(27(15)34)31-25-22-16(2)23(37-26(22)30-24(29-25)20-4-3-13-36-20)17-5-7-18(8-6-17)35-19-9-11-28-12-10-19;/h3-8,13-14,19,28H,9-12H2,1-2H3,(H,29,30,31);1H. The molecule has 4 aromatic rings. The fourth-order valence-corrected chi connectivity index (χ4v) is 6.45. The van der Waals surface area contributed by atoms with Crippen molar-refractivity contribution in [2.45, 2.75) is 32.8 Å². The van der Waals surface area contributed by atoms with Gasteiger partial charge in [-0.05, 0) is 86.6 Å². The highest BCUT2D eigenvalue weighted by Gasteiger charge is 2.30. The van der Waals surface area contributed by atoms with E-state index in [1.807, 2.05) is 36.6 Å². The van der Waals surface area contributed by atoms with Crippen LogP contribution in [0.2, 0.25) is 0 Å². The average molecular weight is 568 g/mol. The molecule has 0 bridgehead atoms. The highest BCUT2D eigenvalue weighted by Crippen LogP contribution is 2.42. The summed E-state index contributed by atoms with van der Waals surface area (Å²) in [6.45, 7) is 5.61. The first-order valence-corrected chi connectivity index (χ1v) is 13.8. The van der Waals surface area contributed by atoms with Gasteiger partial charge in [-0.15, -0.1) is 35.1 Å². The first-order valence-electron chi connectivity index (χ1n) is 12.1. The number of piperidine rings is 1. The number of fused-ring (bicyclic) bond motifs is 1. The van der Waals surface area contributed by atoms with Crippen LogP contribution in [-0.4, -0.2) is 46.0 Å². The molecule has 11 heteroatoms. The normalized spacial score (nSPS) is 16.1. The zero-order valence-electron chi connectivity index (χ0n) is 20.8. The summed E-state index contributed by atoms with van der Waals surface area (Å²) >= 11 is 3.10. The van der Waals surface area contributed by atoms with Gasteiger partial charge in [0.15, 0.2) is 11.6 Å². The van der Waals surface area contributed by atoms with Crippen molar-refractivity contribution >= 4 is 62.9 Å². The smallest absolute Gasteiger partial charge is 0.275 e. The number of nitrogens with zero attached hydrogens (tertiary/aromatic N) is 3. The number of aromatic nitrogens is 2. The summed E-state index contributed by atoms with van der Waals surface area (Å²) in [5.74, 6) is 1.05. The molecular formula is C27H26ClN5O3S2. The fraction of sp³-hybridized carbons (Fsp3) is 0.259. The maximum Gasteiger partial charge on any atom is 0.275 e. The lowest BCUT2D eigenvalue weighted by Gasteiger charge is -2.23. The van der Waals surface area contributed by atoms with Gasteiger partial charge in [0.1, 0.15) is 16.7 Å². The predicted molar refractivity (Wildman–Crippen MR) is 154 cm³/mol. The van der Waals surface area contributed by atoms with E-state index < -0.39 is 5.91 Å². The van der Waals surface area contributed by atoms with Crippen molar-refractivity contribution in [1.82, 2.24) is 20.3 Å². The Kier molecular flexibility index (Phi) is 7.49. The number of imide groups is 1. The van der Waals surface area contributed by atoms with Gasteiger partial charge >= 0.3 is 0 Å². The number of anilines is 1. The van der Waals surface area contributed by atoms with Crippen molar-refractivity contribution in [3.63, 3.8) is 0 Å². The molecule has 2 N–H and O–H groups in total. The number of hydrogen-bond donors (Lipinski definition) is 2. The third-order valence-electron chi connectivity index (χ3n) is 6.56. The van der Waals surface area contributed by atoms with E-state index in [0.717, 1.165) is 67.8 Å². The third-order valence-corrected chi connectivity index (χ3v) is 8.66. The van der Waals surface area contributed by atoms with Crippen LogP contribution in [0.3, 0.4) is 0 Å². The highest BCUT2D eigenvalue weighted by molar-refractivity contribution is 7.22. The maximum absolute atomic E-state index is 12.6. The number of hydrazine groups is 1. The van der Waals surface area contributed by atoms with Crippen molar-refractivity contribution in [1.29, 1.82) is 0 Å². The summed E-state index contributed by atoms with van der Waals surface area (Å²) in [5.41, 5.74) is 5.41. The Morgan fingerprint density at radius 1 is 1.08 bits per heavy atom. The maximum atomic E-state index is 12.6. The number of amides is 2. The van der Waals surface area contributed by atoms with Gasteiger partial charge in [0, 0.05) is 16.5 Å². The molecule has 6 rings (SSSR count). The molecule has 1 aromatic carbocycles. The molecule has 2 amide bonds. The van der Waals surface area contributed by atoms with Crippen LogP contribution in [-0.2, 0) is 9.59 Å². The molecule has 0 saturated carbocycles. The molecule has 196 valence electrons. The van der Waals surface area contributed by atoms with Crippen molar-refractivity contribution in [2.24, 2.45) is 0 Å². The number of carbonyl (C=O) groups is 2. The predicted octanol–water partition coefficient (Wildman–Crippen LogP) is 5.59. The molecule has 0 aliphatic carbocycles. The lowest BCUT2D eigenvalue weighted by atomic mass is 10.1. The Morgan fingerprint density at radius 3 is 2.50 bits per heavy atom. The van der Waals surface area contributed by atoms with Crippen molar-refractivity contribution < 1.29 is 14.3 Å². The number of hydrogen-bond acceptors (Lipinski definition) is 9. The molecule has 0 radical (unpaired) electrons. The number of thiophene rings is 2. The summed E-state index contributed by atoms with van der Waals surface area (Å²) in [6, 6.07) is 12.1. The Bertz CT molecular complexity index is 1530. The number of nitrogens with one attached hydrogen (secondary N) is 2. The van der Waals surface area contributed by atoms with Crippen molar-refractivity contribution in [3.8, 4) is 26.9 Å². The van der Waals surface area contributed by atoms with E-state index in [9.17, 15) is 9.59 Å². The van der Waals surface area contributed by atoms with Gasteiger partial charge < -0.3 is 10.1 Å². The minimum Gasteiger partial charge on any atom is -0.490 e. The van der Waals surface area contributed by atoms with Crippen LogP contribution < -0.4 is 15.5 Å². The van der Waals surface area contributed by atoms with Gasteiger partial charge in [-0.1, -0.05) is 6.07 Å². The Balaban J connectivity index is 0.00000294. The van der Waals surface area contributed by atoms with Gasteiger partial charge in [-0.2, -0.15) is 5.01 Å². The molecule has 8 nitrogen and oxygen atoms in total. The topological polar surface area (TPSA) is 96.5 Å². The van der Waals surface area contributed by atoms with Crippen LogP contribution in [0.5, 0.6) is 5.75 Å². The fourth-order valence-electron chi connectivity index (χ4n) is 4.60. The quantitative estimate of drug-likeness (QED) is 0.293. The van der Waals surface area contributed by atoms with E-state index in [-0.39, 0.29) is 24.4 Å². The van der Waals surface area contributed by atoms with Crippen molar-refractivity contribution in [2.75, 3.05) is 18.5 Å². The van der Waals surface area contributed by atoms with E-state index in [1.165, 1.54) is 17.4 Å². The minimum atomic E-state index is -0.413. The van der Waals surface area contributed by atoms with E-state index in [0.29, 0.717) is 17.2 Å². The Morgan fingerprint density at radius 2 is 1.84 bits per heavy atom. The van der Waals surface area contributed by atoms with E-state index in [4.69, 9.17) is 14.7 Å². The molecule has 3 aromatic heterocycles. The number of benzene rings is 1. The highest BCUT2D eigenvalue weighted by atomic mass is 35.5. The van der Waals surface area contributed by atoms with Crippen LogP contribution in [0.4, 0.5) is 5.82 Å². The van der Waals surface area contributed by atoms with Gasteiger partial charge in [-0.3, -0.25) is 15.0 Å². The van der Waals surface area contributed by atoms with E-state index in [1.54, 1.807) is 18.3 Å². The molecule has 2 aliphatic rings. The van der Waals surface area contributed by atoms with Crippen LogP contribution in [0.15, 0.2) is 53.4 Å². The van der Waals surface area contributed by atoms with E-state index >= 15 is 0 Å². The van der Waals surface area contributed by atoms with Crippen LogP contribution in [0.1, 0.15) is 25.3 Å². The summed E-state index contributed by atoms with van der Waals surface area (Å²) < 4.78 is 6.17. The van der Waals surface area contributed by atoms with Crippen LogP contribution >= 0.6 is 35.1 Å².